The summed E-state index contributed by atoms with van der Waals surface area (Å²) in [4.78, 5) is 6.96. The van der Waals surface area contributed by atoms with Gasteiger partial charge in [-0.25, -0.2) is 4.68 Å². The Balaban J connectivity index is 0.00000312. The minimum absolute atomic E-state index is 0. The molecule has 1 aromatic heterocycles. The van der Waals surface area contributed by atoms with Crippen LogP contribution in [0, 0.1) is 0 Å². The lowest BCUT2D eigenvalue weighted by atomic mass is 10.1. The van der Waals surface area contributed by atoms with Crippen molar-refractivity contribution in [1.82, 2.24) is 20.0 Å². The molecule has 0 atom stereocenters. The zero-order valence-electron chi connectivity index (χ0n) is 15.5. The van der Waals surface area contributed by atoms with Crippen LogP contribution in [0.25, 0.3) is 5.69 Å². The predicted molar refractivity (Wildman–Crippen MR) is 116 cm³/mol. The highest BCUT2D eigenvalue weighted by atomic mass is 127. The van der Waals surface area contributed by atoms with E-state index in [4.69, 9.17) is 4.99 Å². The highest BCUT2D eigenvalue weighted by Crippen LogP contribution is 2.09. The average molecular weight is 455 g/mol. The third-order valence-corrected chi connectivity index (χ3v) is 3.91. The first-order chi connectivity index (χ1) is 11.7. The van der Waals surface area contributed by atoms with Gasteiger partial charge < -0.3 is 10.2 Å². The largest absolute Gasteiger partial charge is 0.357 e. The monoisotopic (exact) mass is 455 g/mol. The molecule has 2 aromatic rings. The molecular formula is C19H30IN5. The SMILES string of the molecule is CCCCN(C)C(=NCCc1ccc(-n2cccn2)cc1)NCC.I. The van der Waals surface area contributed by atoms with Crippen LogP contribution in [0.5, 0.6) is 0 Å². The van der Waals surface area contributed by atoms with Gasteiger partial charge in [-0.2, -0.15) is 5.10 Å². The molecule has 0 aliphatic rings. The lowest BCUT2D eigenvalue weighted by Gasteiger charge is -2.21. The molecule has 0 aliphatic heterocycles. The molecule has 1 heterocycles. The molecule has 0 bridgehead atoms. The predicted octanol–water partition coefficient (Wildman–Crippen LogP) is 3.73. The molecule has 0 saturated heterocycles. The van der Waals surface area contributed by atoms with Gasteiger partial charge in [0, 0.05) is 39.1 Å². The van der Waals surface area contributed by atoms with E-state index in [1.807, 2.05) is 16.9 Å². The van der Waals surface area contributed by atoms with E-state index in [1.54, 1.807) is 6.20 Å². The summed E-state index contributed by atoms with van der Waals surface area (Å²) >= 11 is 0. The number of rotatable bonds is 8. The van der Waals surface area contributed by atoms with E-state index in [0.717, 1.165) is 37.7 Å². The van der Waals surface area contributed by atoms with Crippen LogP contribution in [0.1, 0.15) is 32.3 Å². The number of benzene rings is 1. The Kier molecular flexibility index (Phi) is 10.2. The Labute approximate surface area is 168 Å². The third kappa shape index (κ3) is 7.05. The number of guanidine groups is 1. The second kappa shape index (κ2) is 11.9. The molecule has 0 amide bonds. The van der Waals surface area contributed by atoms with Gasteiger partial charge in [0.05, 0.1) is 5.69 Å². The highest BCUT2D eigenvalue weighted by molar-refractivity contribution is 14.0. The summed E-state index contributed by atoms with van der Waals surface area (Å²) in [6, 6.07) is 10.4. The summed E-state index contributed by atoms with van der Waals surface area (Å²) in [5, 5.41) is 7.62. The second-order valence-corrected chi connectivity index (χ2v) is 5.88. The van der Waals surface area contributed by atoms with E-state index in [1.165, 1.54) is 18.4 Å². The topological polar surface area (TPSA) is 45.5 Å². The summed E-state index contributed by atoms with van der Waals surface area (Å²) < 4.78 is 1.87. The Morgan fingerprint density at radius 1 is 1.24 bits per heavy atom. The highest BCUT2D eigenvalue weighted by Gasteiger charge is 2.04. The van der Waals surface area contributed by atoms with Crippen molar-refractivity contribution < 1.29 is 0 Å². The number of nitrogens with one attached hydrogen (secondary N) is 1. The summed E-state index contributed by atoms with van der Waals surface area (Å²) in [5.41, 5.74) is 2.38. The molecule has 2 rings (SSSR count). The van der Waals surface area contributed by atoms with E-state index >= 15 is 0 Å². The fourth-order valence-corrected chi connectivity index (χ4v) is 2.50. The number of halogens is 1. The van der Waals surface area contributed by atoms with Crippen LogP contribution in [-0.4, -0.2) is 47.3 Å². The zero-order valence-corrected chi connectivity index (χ0v) is 17.8. The lowest BCUT2D eigenvalue weighted by Crippen LogP contribution is -2.39. The fraction of sp³-hybridized carbons (Fsp3) is 0.474. The number of nitrogens with zero attached hydrogens (tertiary/aromatic N) is 4. The second-order valence-electron chi connectivity index (χ2n) is 5.88. The Morgan fingerprint density at radius 3 is 2.60 bits per heavy atom. The van der Waals surface area contributed by atoms with Gasteiger partial charge in [-0.05, 0) is 43.5 Å². The van der Waals surface area contributed by atoms with Gasteiger partial charge in [-0.3, -0.25) is 4.99 Å². The molecule has 5 nitrogen and oxygen atoms in total. The summed E-state index contributed by atoms with van der Waals surface area (Å²) in [6.07, 6.45) is 7.08. The van der Waals surface area contributed by atoms with Gasteiger partial charge in [0.2, 0.25) is 0 Å². The Bertz CT molecular complexity index is 607. The van der Waals surface area contributed by atoms with E-state index < -0.39 is 0 Å². The quantitative estimate of drug-likeness (QED) is 0.375. The van der Waals surface area contributed by atoms with Crippen molar-refractivity contribution in [3.63, 3.8) is 0 Å². The normalized spacial score (nSPS) is 11.1. The van der Waals surface area contributed by atoms with Crippen LogP contribution >= 0.6 is 24.0 Å². The van der Waals surface area contributed by atoms with Crippen molar-refractivity contribution in [2.45, 2.75) is 33.1 Å². The summed E-state index contributed by atoms with van der Waals surface area (Å²) in [5.74, 6) is 0.999. The van der Waals surface area contributed by atoms with Crippen LogP contribution in [0.3, 0.4) is 0 Å². The van der Waals surface area contributed by atoms with Crippen molar-refractivity contribution in [2.75, 3.05) is 26.7 Å². The van der Waals surface area contributed by atoms with Crippen LogP contribution in [-0.2, 0) is 6.42 Å². The Morgan fingerprint density at radius 2 is 2.00 bits per heavy atom. The third-order valence-electron chi connectivity index (χ3n) is 3.91. The molecule has 0 spiro atoms. The lowest BCUT2D eigenvalue weighted by molar-refractivity contribution is 0.465. The van der Waals surface area contributed by atoms with E-state index in [9.17, 15) is 0 Å². The van der Waals surface area contributed by atoms with Gasteiger partial charge in [-0.1, -0.05) is 25.5 Å². The summed E-state index contributed by atoms with van der Waals surface area (Å²) in [6.45, 7) is 7.05. The van der Waals surface area contributed by atoms with Gasteiger partial charge >= 0.3 is 0 Å². The number of hydrogen-bond acceptors (Lipinski definition) is 2. The first-order valence-corrected chi connectivity index (χ1v) is 8.83. The maximum atomic E-state index is 4.75. The smallest absolute Gasteiger partial charge is 0.193 e. The molecule has 0 aliphatic carbocycles. The number of unbranched alkanes of at least 4 members (excludes halogenated alkanes) is 1. The van der Waals surface area contributed by atoms with E-state index in [0.29, 0.717) is 0 Å². The molecule has 25 heavy (non-hydrogen) atoms. The van der Waals surface area contributed by atoms with Gasteiger partial charge in [-0.15, -0.1) is 24.0 Å². The number of aliphatic imine (C=N–C) groups is 1. The molecule has 0 radical (unpaired) electrons. The minimum atomic E-state index is 0. The van der Waals surface area contributed by atoms with Crippen LogP contribution in [0.4, 0.5) is 0 Å². The molecule has 138 valence electrons. The molecule has 6 heteroatoms. The van der Waals surface area contributed by atoms with Crippen LogP contribution in [0.15, 0.2) is 47.7 Å². The number of hydrogen-bond donors (Lipinski definition) is 1. The van der Waals surface area contributed by atoms with Crippen molar-refractivity contribution >= 4 is 29.9 Å². The fourth-order valence-electron chi connectivity index (χ4n) is 2.50. The standard InChI is InChI=1S/C19H29N5.HI/c1-4-6-15-23(3)19(20-5-2)21-14-12-17-8-10-18(11-9-17)24-16-7-13-22-24;/h7-11,13,16H,4-6,12,14-15H2,1-3H3,(H,20,21);1H. The maximum absolute atomic E-state index is 4.75. The van der Waals surface area contributed by atoms with Gasteiger partial charge in [0.25, 0.3) is 0 Å². The van der Waals surface area contributed by atoms with Crippen molar-refractivity contribution in [1.29, 1.82) is 0 Å². The molecule has 0 saturated carbocycles. The first kappa shape index (κ1) is 21.5. The van der Waals surface area contributed by atoms with Crippen LogP contribution in [0.2, 0.25) is 0 Å². The van der Waals surface area contributed by atoms with Crippen LogP contribution < -0.4 is 5.32 Å². The number of aromatic nitrogens is 2. The van der Waals surface area contributed by atoms with E-state index in [2.05, 4.69) is 60.5 Å². The van der Waals surface area contributed by atoms with E-state index in [-0.39, 0.29) is 24.0 Å². The minimum Gasteiger partial charge on any atom is -0.357 e. The van der Waals surface area contributed by atoms with Crippen molar-refractivity contribution in [3.8, 4) is 5.69 Å². The van der Waals surface area contributed by atoms with Gasteiger partial charge in [0.15, 0.2) is 5.96 Å². The molecular weight excluding hydrogens is 425 g/mol. The first-order valence-electron chi connectivity index (χ1n) is 8.83. The summed E-state index contributed by atoms with van der Waals surface area (Å²) in [7, 11) is 2.11. The molecule has 1 aromatic carbocycles. The van der Waals surface area contributed by atoms with Crippen molar-refractivity contribution in [2.24, 2.45) is 4.99 Å². The molecule has 0 fully saturated rings. The Hall–Kier alpha value is -1.57. The zero-order chi connectivity index (χ0) is 17.2. The molecule has 0 unspecified atom stereocenters. The van der Waals surface area contributed by atoms with Gasteiger partial charge in [0.1, 0.15) is 0 Å². The van der Waals surface area contributed by atoms with Crippen molar-refractivity contribution in [3.05, 3.63) is 48.3 Å². The molecule has 1 N–H and O–H groups in total. The average Bonchev–Trinajstić information content (AvgIpc) is 3.14. The maximum Gasteiger partial charge on any atom is 0.193 e.